The van der Waals surface area contributed by atoms with Gasteiger partial charge in [-0.25, -0.2) is 0 Å². The van der Waals surface area contributed by atoms with Crippen LogP contribution in [-0.4, -0.2) is 10.7 Å². The van der Waals surface area contributed by atoms with Crippen molar-refractivity contribution in [2.45, 2.75) is 59.0 Å². The molecule has 0 saturated heterocycles. The van der Waals surface area contributed by atoms with E-state index in [1.54, 1.807) is 5.57 Å². The van der Waals surface area contributed by atoms with Gasteiger partial charge in [0.1, 0.15) is 0 Å². The van der Waals surface area contributed by atoms with Crippen LogP contribution >= 0.6 is 0 Å². The Morgan fingerprint density at radius 1 is 1.12 bits per heavy atom. The molecule has 4 atom stereocenters. The van der Waals surface area contributed by atoms with Crippen molar-refractivity contribution in [2.24, 2.45) is 23.7 Å². The summed E-state index contributed by atoms with van der Waals surface area (Å²) in [4.78, 5) is 0. The zero-order valence-corrected chi connectivity index (χ0v) is 11.2. The fourth-order valence-electron chi connectivity index (χ4n) is 3.91. The smallest absolute Gasteiger partial charge is 0.0774 e. The lowest BCUT2D eigenvalue weighted by Crippen LogP contribution is -2.29. The molecule has 1 nitrogen and oxygen atoms in total. The molecular weight excluding hydrogens is 196 g/mol. The van der Waals surface area contributed by atoms with Gasteiger partial charge in [-0.1, -0.05) is 25.5 Å². The summed E-state index contributed by atoms with van der Waals surface area (Å²) in [6.07, 6.45) is 7.43. The quantitative estimate of drug-likeness (QED) is 0.669. The molecule has 0 heterocycles. The summed E-state index contributed by atoms with van der Waals surface area (Å²) < 4.78 is 0. The Balaban J connectivity index is 2.24. The Kier molecular flexibility index (Phi) is 3.18. The van der Waals surface area contributed by atoms with Crippen LogP contribution in [0, 0.1) is 23.7 Å². The number of fused-ring (bicyclic) bond motifs is 1. The van der Waals surface area contributed by atoms with Gasteiger partial charge in [0.25, 0.3) is 0 Å². The summed E-state index contributed by atoms with van der Waals surface area (Å²) in [5, 5.41) is 9.97. The summed E-state index contributed by atoms with van der Waals surface area (Å²) in [5.41, 5.74) is 0.906. The first-order chi connectivity index (χ1) is 7.38. The summed E-state index contributed by atoms with van der Waals surface area (Å²) in [6.45, 7) is 8.59. The summed E-state index contributed by atoms with van der Waals surface area (Å²) in [7, 11) is 0. The maximum Gasteiger partial charge on any atom is 0.0774 e. The van der Waals surface area contributed by atoms with E-state index in [1.807, 2.05) is 13.8 Å². The largest absolute Gasteiger partial charge is 0.386 e. The van der Waals surface area contributed by atoms with Gasteiger partial charge in [0.05, 0.1) is 5.60 Å². The minimum absolute atomic E-state index is 0.636. The highest BCUT2D eigenvalue weighted by Crippen LogP contribution is 2.51. The number of hydrogen-bond donors (Lipinski definition) is 1. The first kappa shape index (κ1) is 12.2. The fourth-order valence-corrected chi connectivity index (χ4v) is 3.91. The first-order valence-electron chi connectivity index (χ1n) is 6.82. The van der Waals surface area contributed by atoms with Crippen LogP contribution in [0.4, 0.5) is 0 Å². The lowest BCUT2D eigenvalue weighted by Gasteiger charge is -2.37. The highest BCUT2D eigenvalue weighted by atomic mass is 16.3. The third-order valence-electron chi connectivity index (χ3n) is 4.62. The van der Waals surface area contributed by atoms with Gasteiger partial charge in [-0.15, -0.1) is 0 Å². The third-order valence-corrected chi connectivity index (χ3v) is 4.62. The summed E-state index contributed by atoms with van der Waals surface area (Å²) in [6, 6.07) is 0. The molecule has 0 aromatic carbocycles. The zero-order chi connectivity index (χ0) is 11.9. The van der Waals surface area contributed by atoms with Crippen molar-refractivity contribution >= 4 is 0 Å². The predicted octanol–water partition coefficient (Wildman–Crippen LogP) is 3.78. The molecule has 0 radical (unpaired) electrons. The van der Waals surface area contributed by atoms with Gasteiger partial charge in [-0.05, 0) is 63.2 Å². The van der Waals surface area contributed by atoms with Crippen molar-refractivity contribution in [3.8, 4) is 0 Å². The summed E-state index contributed by atoms with van der Waals surface area (Å²) >= 11 is 0. The van der Waals surface area contributed by atoms with Crippen LogP contribution in [0.5, 0.6) is 0 Å². The van der Waals surface area contributed by atoms with Crippen molar-refractivity contribution in [2.75, 3.05) is 0 Å². The number of hydrogen-bond acceptors (Lipinski definition) is 1. The van der Waals surface area contributed by atoms with Crippen LogP contribution in [0.3, 0.4) is 0 Å². The Bertz CT molecular complexity index is 284. The van der Waals surface area contributed by atoms with Crippen molar-refractivity contribution in [1.29, 1.82) is 0 Å². The van der Waals surface area contributed by atoms with Gasteiger partial charge < -0.3 is 5.11 Å². The van der Waals surface area contributed by atoms with Gasteiger partial charge in [0.15, 0.2) is 0 Å². The normalized spacial score (nSPS) is 42.4. The number of allylic oxidation sites excluding steroid dienone is 1. The molecule has 2 aliphatic carbocycles. The average molecular weight is 222 g/mol. The van der Waals surface area contributed by atoms with Gasteiger partial charge in [0, 0.05) is 0 Å². The van der Waals surface area contributed by atoms with Crippen molar-refractivity contribution in [3.63, 3.8) is 0 Å². The highest BCUT2D eigenvalue weighted by molar-refractivity contribution is 5.19. The van der Waals surface area contributed by atoms with Gasteiger partial charge in [0.2, 0.25) is 0 Å². The molecule has 0 bridgehead atoms. The van der Waals surface area contributed by atoms with E-state index in [2.05, 4.69) is 19.9 Å². The Hall–Kier alpha value is -0.300. The van der Waals surface area contributed by atoms with Crippen molar-refractivity contribution in [3.05, 3.63) is 11.6 Å². The van der Waals surface area contributed by atoms with Crippen molar-refractivity contribution < 1.29 is 5.11 Å². The second kappa shape index (κ2) is 4.18. The lowest BCUT2D eigenvalue weighted by molar-refractivity contribution is 0.127. The van der Waals surface area contributed by atoms with Gasteiger partial charge in [-0.3, -0.25) is 0 Å². The molecule has 0 amide bonds. The van der Waals surface area contributed by atoms with E-state index in [1.165, 1.54) is 25.7 Å². The summed E-state index contributed by atoms with van der Waals surface area (Å²) in [5.74, 6) is 3.35. The second-order valence-electron chi connectivity index (χ2n) is 6.63. The van der Waals surface area contributed by atoms with E-state index >= 15 is 0 Å². The molecule has 1 heteroatoms. The Morgan fingerprint density at radius 3 is 2.44 bits per heavy atom. The predicted molar refractivity (Wildman–Crippen MR) is 68.2 cm³/mol. The minimum atomic E-state index is -0.636. The average Bonchev–Trinajstić information content (AvgIpc) is 2.52. The molecule has 2 fully saturated rings. The molecule has 0 spiro atoms. The van der Waals surface area contributed by atoms with E-state index < -0.39 is 5.60 Å². The van der Waals surface area contributed by atoms with Gasteiger partial charge >= 0.3 is 0 Å². The number of rotatable bonds is 1. The molecule has 0 aliphatic heterocycles. The molecule has 1 N–H and O–H groups in total. The van der Waals surface area contributed by atoms with E-state index in [0.717, 1.165) is 23.7 Å². The van der Waals surface area contributed by atoms with E-state index in [-0.39, 0.29) is 0 Å². The van der Waals surface area contributed by atoms with Crippen molar-refractivity contribution in [1.82, 2.24) is 0 Å². The van der Waals surface area contributed by atoms with E-state index in [9.17, 15) is 5.11 Å². The van der Waals surface area contributed by atoms with Crippen LogP contribution in [0.2, 0.25) is 0 Å². The molecule has 2 rings (SSSR count). The standard InChI is InChI=1S/C15H26O/c1-10-5-7-12(9-15(3,4)16)14-11(2)6-8-13(10)14/h9-11,13-14,16H,5-8H2,1-4H3/b12-9+/t10-,11+,13+,14-/m1/s1. The Morgan fingerprint density at radius 2 is 1.81 bits per heavy atom. The molecule has 2 aliphatic rings. The number of aliphatic hydroxyl groups is 1. The maximum atomic E-state index is 9.97. The molecule has 2 saturated carbocycles. The van der Waals surface area contributed by atoms with Crippen LogP contribution in [0.1, 0.15) is 53.4 Å². The molecular formula is C15H26O. The fraction of sp³-hybridized carbons (Fsp3) is 0.867. The zero-order valence-electron chi connectivity index (χ0n) is 11.2. The topological polar surface area (TPSA) is 20.2 Å². The van der Waals surface area contributed by atoms with E-state index in [4.69, 9.17) is 0 Å². The molecule has 92 valence electrons. The third kappa shape index (κ3) is 2.34. The minimum Gasteiger partial charge on any atom is -0.386 e. The monoisotopic (exact) mass is 222 g/mol. The van der Waals surface area contributed by atoms with Crippen LogP contribution in [0.25, 0.3) is 0 Å². The van der Waals surface area contributed by atoms with Crippen LogP contribution in [0.15, 0.2) is 11.6 Å². The van der Waals surface area contributed by atoms with Gasteiger partial charge in [-0.2, -0.15) is 0 Å². The highest BCUT2D eigenvalue weighted by Gasteiger charge is 2.41. The Labute approximate surface area is 99.9 Å². The maximum absolute atomic E-state index is 9.97. The molecule has 0 aromatic heterocycles. The van der Waals surface area contributed by atoms with E-state index in [0.29, 0.717) is 0 Å². The molecule has 16 heavy (non-hydrogen) atoms. The molecule has 0 unspecified atom stereocenters. The van der Waals surface area contributed by atoms with Crippen LogP contribution < -0.4 is 0 Å². The SMILES string of the molecule is C[C@@H]1CC/C(=C\C(C)(C)O)[C@@H]2[C@H]1CC[C@@H]2C. The lowest BCUT2D eigenvalue weighted by atomic mass is 9.69. The molecule has 0 aromatic rings. The second-order valence-corrected chi connectivity index (χ2v) is 6.63. The first-order valence-corrected chi connectivity index (χ1v) is 6.82. The van der Waals surface area contributed by atoms with Crippen LogP contribution in [-0.2, 0) is 0 Å².